The van der Waals surface area contributed by atoms with Crippen LogP contribution in [0.1, 0.15) is 10.4 Å². The van der Waals surface area contributed by atoms with E-state index in [9.17, 15) is 13.6 Å². The zero-order valence-corrected chi connectivity index (χ0v) is 10.6. The second-order valence-electron chi connectivity index (χ2n) is 3.67. The van der Waals surface area contributed by atoms with Crippen molar-refractivity contribution < 1.29 is 17.8 Å². The Morgan fingerprint density at radius 2 is 1.53 bits per heavy atom. The summed E-state index contributed by atoms with van der Waals surface area (Å²) in [5.41, 5.74) is 2.20. The zero-order valence-electron chi connectivity index (χ0n) is 9.75. The van der Waals surface area contributed by atoms with Gasteiger partial charge in [-0.15, -0.1) is 0 Å². The van der Waals surface area contributed by atoms with Crippen molar-refractivity contribution in [2.45, 2.75) is 5.76 Å². The Bertz CT molecular complexity index is 541. The van der Waals surface area contributed by atoms with Crippen molar-refractivity contribution >= 4 is 18.0 Å². The van der Waals surface area contributed by atoms with Crippen LogP contribution in [0.5, 0.6) is 0 Å². The molecule has 0 aliphatic carbocycles. The summed E-state index contributed by atoms with van der Waals surface area (Å²) in [4.78, 5) is 11.4. The topological polar surface area (TPSA) is 26.3 Å². The van der Waals surface area contributed by atoms with Crippen molar-refractivity contribution in [2.24, 2.45) is 0 Å². The van der Waals surface area contributed by atoms with Gasteiger partial charge in [0.15, 0.2) is 0 Å². The van der Waals surface area contributed by atoms with Gasteiger partial charge >= 0.3 is 11.7 Å². The number of hydrogen-bond donors (Lipinski definition) is 0. The first-order valence-electron chi connectivity index (χ1n) is 5.48. The minimum Gasteiger partial charge on any atom is -0.382 e. The summed E-state index contributed by atoms with van der Waals surface area (Å²) in [7, 11) is 0. The summed E-state index contributed by atoms with van der Waals surface area (Å²) in [6.45, 7) is 0. The van der Waals surface area contributed by atoms with Gasteiger partial charge in [-0.3, -0.25) is 0 Å². The first-order valence-corrected chi connectivity index (χ1v) is 6.28. The van der Waals surface area contributed by atoms with Gasteiger partial charge in [-0.2, -0.15) is 8.78 Å². The molecule has 0 fully saturated rings. The molecule has 2 rings (SSSR count). The standard InChI is InChI=1S/C14H10F2O2S/c15-14(16)19-18-13(17)12-8-6-11(7-9-12)10-4-2-1-3-5-10/h1-9,14H. The average molecular weight is 280 g/mol. The summed E-state index contributed by atoms with van der Waals surface area (Å²) in [5.74, 6) is -3.50. The Hall–Kier alpha value is -1.88. The van der Waals surface area contributed by atoms with E-state index in [4.69, 9.17) is 0 Å². The zero-order chi connectivity index (χ0) is 13.7. The fraction of sp³-hybridized carbons (Fsp3) is 0.0714. The number of benzene rings is 2. The lowest BCUT2D eigenvalue weighted by atomic mass is 10.0. The van der Waals surface area contributed by atoms with Gasteiger partial charge in [0, 0.05) is 0 Å². The molecule has 0 saturated carbocycles. The molecule has 2 aromatic carbocycles. The SMILES string of the molecule is O=C(OSC(F)F)c1ccc(-c2ccccc2)cc1. The van der Waals surface area contributed by atoms with Gasteiger partial charge in [0.25, 0.3) is 0 Å². The van der Waals surface area contributed by atoms with Gasteiger partial charge in [0.2, 0.25) is 0 Å². The van der Waals surface area contributed by atoms with E-state index in [1.807, 2.05) is 30.3 Å². The van der Waals surface area contributed by atoms with Crippen LogP contribution < -0.4 is 0 Å². The Kier molecular flexibility index (Phi) is 4.52. The number of rotatable bonds is 4. The van der Waals surface area contributed by atoms with Gasteiger partial charge in [-0.05, 0) is 23.3 Å². The molecule has 2 nitrogen and oxygen atoms in total. The minimum absolute atomic E-state index is 0.148. The van der Waals surface area contributed by atoms with E-state index in [0.29, 0.717) is 0 Å². The highest BCUT2D eigenvalue weighted by Crippen LogP contribution is 2.21. The predicted octanol–water partition coefficient (Wildman–Crippen LogP) is 4.38. The predicted molar refractivity (Wildman–Crippen MR) is 70.9 cm³/mol. The van der Waals surface area contributed by atoms with Gasteiger partial charge in [0.05, 0.1) is 5.56 Å². The maximum atomic E-state index is 11.9. The van der Waals surface area contributed by atoms with E-state index in [-0.39, 0.29) is 17.6 Å². The Morgan fingerprint density at radius 1 is 0.947 bits per heavy atom. The summed E-state index contributed by atoms with van der Waals surface area (Å²) in [6, 6.07) is 16.2. The highest BCUT2D eigenvalue weighted by molar-refractivity contribution is 7.95. The second kappa shape index (κ2) is 6.33. The van der Waals surface area contributed by atoms with Crippen LogP contribution in [0.3, 0.4) is 0 Å². The maximum Gasteiger partial charge on any atom is 0.350 e. The molecule has 0 amide bonds. The van der Waals surface area contributed by atoms with Crippen LogP contribution in [0.15, 0.2) is 54.6 Å². The maximum absolute atomic E-state index is 11.9. The van der Waals surface area contributed by atoms with Crippen LogP contribution in [0.4, 0.5) is 8.78 Å². The highest BCUT2D eigenvalue weighted by Gasteiger charge is 2.12. The average Bonchev–Trinajstić information content (AvgIpc) is 2.46. The minimum atomic E-state index is -2.73. The van der Waals surface area contributed by atoms with E-state index in [1.165, 1.54) is 0 Å². The molecule has 0 bridgehead atoms. The molecule has 0 radical (unpaired) electrons. The van der Waals surface area contributed by atoms with E-state index >= 15 is 0 Å². The lowest BCUT2D eigenvalue weighted by molar-refractivity contribution is 0.0756. The summed E-state index contributed by atoms with van der Waals surface area (Å²) in [6.07, 6.45) is 0. The molecule has 2 aromatic rings. The van der Waals surface area contributed by atoms with E-state index in [1.54, 1.807) is 24.3 Å². The molecule has 0 aliphatic heterocycles. The van der Waals surface area contributed by atoms with E-state index in [0.717, 1.165) is 11.1 Å². The largest absolute Gasteiger partial charge is 0.382 e. The number of halogens is 2. The van der Waals surface area contributed by atoms with Gasteiger partial charge in [-0.1, -0.05) is 42.5 Å². The van der Waals surface area contributed by atoms with Crippen LogP contribution in [-0.4, -0.2) is 11.7 Å². The first-order chi connectivity index (χ1) is 9.16. The first kappa shape index (κ1) is 13.5. The van der Waals surface area contributed by atoms with Crippen molar-refractivity contribution in [3.8, 4) is 11.1 Å². The molecule has 0 aliphatic rings. The lowest BCUT2D eigenvalue weighted by Crippen LogP contribution is -2.01. The van der Waals surface area contributed by atoms with Crippen LogP contribution in [0, 0.1) is 0 Å². The molecule has 0 heterocycles. The molecule has 0 saturated heterocycles. The molecule has 0 N–H and O–H groups in total. The molecule has 0 spiro atoms. The number of alkyl halides is 2. The molecule has 98 valence electrons. The smallest absolute Gasteiger partial charge is 0.350 e. The van der Waals surface area contributed by atoms with Crippen molar-refractivity contribution in [3.63, 3.8) is 0 Å². The Morgan fingerprint density at radius 3 is 2.11 bits per heavy atom. The van der Waals surface area contributed by atoms with Crippen molar-refractivity contribution in [3.05, 3.63) is 60.2 Å². The van der Waals surface area contributed by atoms with Gasteiger partial charge < -0.3 is 4.18 Å². The number of carbonyl (C=O) groups is 1. The molecule has 5 heteroatoms. The van der Waals surface area contributed by atoms with Crippen molar-refractivity contribution in [1.29, 1.82) is 0 Å². The summed E-state index contributed by atoms with van der Waals surface area (Å²) < 4.78 is 28.1. The Labute approximate surface area is 113 Å². The number of hydrogen-bond acceptors (Lipinski definition) is 3. The van der Waals surface area contributed by atoms with Gasteiger partial charge in [-0.25, -0.2) is 4.79 Å². The molecule has 0 atom stereocenters. The van der Waals surface area contributed by atoms with Crippen molar-refractivity contribution in [2.75, 3.05) is 0 Å². The molecule has 0 unspecified atom stereocenters. The van der Waals surface area contributed by atoms with Crippen LogP contribution in [0.2, 0.25) is 0 Å². The summed E-state index contributed by atoms with van der Waals surface area (Å²) in [5, 5.41) is 0. The van der Waals surface area contributed by atoms with E-state index < -0.39 is 11.7 Å². The number of carbonyl (C=O) groups excluding carboxylic acids is 1. The van der Waals surface area contributed by atoms with Gasteiger partial charge in [0.1, 0.15) is 12.0 Å². The fourth-order valence-corrected chi connectivity index (χ4v) is 1.81. The molecular weight excluding hydrogens is 270 g/mol. The third kappa shape index (κ3) is 3.79. The lowest BCUT2D eigenvalue weighted by Gasteiger charge is -2.04. The van der Waals surface area contributed by atoms with Crippen LogP contribution in [-0.2, 0) is 4.18 Å². The van der Waals surface area contributed by atoms with Crippen LogP contribution >= 0.6 is 12.0 Å². The normalized spacial score (nSPS) is 10.5. The molecular formula is C14H10F2O2S. The molecule has 0 aromatic heterocycles. The Balaban J connectivity index is 2.08. The molecule has 19 heavy (non-hydrogen) atoms. The quantitative estimate of drug-likeness (QED) is 0.777. The highest BCUT2D eigenvalue weighted by atomic mass is 32.2. The van der Waals surface area contributed by atoms with Crippen LogP contribution in [0.25, 0.3) is 11.1 Å². The van der Waals surface area contributed by atoms with Crippen molar-refractivity contribution in [1.82, 2.24) is 0 Å². The third-order valence-electron chi connectivity index (χ3n) is 2.42. The fourth-order valence-electron chi connectivity index (χ4n) is 1.56. The second-order valence-corrected chi connectivity index (χ2v) is 4.39. The summed E-state index contributed by atoms with van der Waals surface area (Å²) >= 11 is -0.148. The van der Waals surface area contributed by atoms with E-state index in [2.05, 4.69) is 4.18 Å². The monoisotopic (exact) mass is 280 g/mol. The third-order valence-corrected chi connectivity index (χ3v) is 2.82.